The standard InChI is InChI=1S/C7H6NOS/c9-4-5-10-7-2-1-3-8-6-7/h1-3,6H,5H2. The Morgan fingerprint density at radius 3 is 3.20 bits per heavy atom. The number of rotatable bonds is 3. The summed E-state index contributed by atoms with van der Waals surface area (Å²) < 4.78 is 0. The smallest absolute Gasteiger partial charge is 0.209 e. The van der Waals surface area contributed by atoms with Crippen LogP contribution < -0.4 is 0 Å². The number of aromatic nitrogens is 1. The molecule has 0 aliphatic heterocycles. The largest absolute Gasteiger partial charge is 0.290 e. The van der Waals surface area contributed by atoms with Gasteiger partial charge in [-0.25, -0.2) is 0 Å². The van der Waals surface area contributed by atoms with Crippen LogP contribution in [0.15, 0.2) is 29.4 Å². The van der Waals surface area contributed by atoms with Gasteiger partial charge in [-0.3, -0.25) is 9.78 Å². The summed E-state index contributed by atoms with van der Waals surface area (Å²) >= 11 is 1.43. The molecule has 0 amide bonds. The van der Waals surface area contributed by atoms with Crippen LogP contribution in [0.25, 0.3) is 0 Å². The van der Waals surface area contributed by atoms with Crippen molar-refractivity contribution in [3.8, 4) is 0 Å². The van der Waals surface area contributed by atoms with E-state index in [1.165, 1.54) is 11.8 Å². The quantitative estimate of drug-likeness (QED) is 0.611. The first kappa shape index (κ1) is 7.28. The molecule has 0 aliphatic rings. The van der Waals surface area contributed by atoms with Crippen molar-refractivity contribution in [2.75, 3.05) is 5.75 Å². The van der Waals surface area contributed by atoms with Crippen LogP contribution in [0.4, 0.5) is 0 Å². The third kappa shape index (κ3) is 2.19. The number of pyridine rings is 1. The van der Waals surface area contributed by atoms with Crippen molar-refractivity contribution in [3.63, 3.8) is 0 Å². The minimum absolute atomic E-state index is 0.381. The summed E-state index contributed by atoms with van der Waals surface area (Å²) in [5.41, 5.74) is 0. The zero-order valence-electron chi connectivity index (χ0n) is 5.28. The summed E-state index contributed by atoms with van der Waals surface area (Å²) in [6.07, 6.45) is 5.23. The summed E-state index contributed by atoms with van der Waals surface area (Å²) in [6, 6.07) is 3.75. The molecule has 1 rings (SSSR count). The second-order valence-corrected chi connectivity index (χ2v) is 2.67. The van der Waals surface area contributed by atoms with Crippen molar-refractivity contribution in [2.24, 2.45) is 0 Å². The van der Waals surface area contributed by atoms with Crippen LogP contribution in [0.2, 0.25) is 0 Å². The fourth-order valence-corrected chi connectivity index (χ4v) is 1.08. The highest BCUT2D eigenvalue weighted by atomic mass is 32.2. The lowest BCUT2D eigenvalue weighted by Gasteiger charge is -1.91. The Kier molecular flexibility index (Phi) is 2.96. The molecular weight excluding hydrogens is 146 g/mol. The molecule has 0 bridgehead atoms. The molecule has 1 radical (unpaired) electrons. The molecule has 0 atom stereocenters. The van der Waals surface area contributed by atoms with Gasteiger partial charge in [-0.1, -0.05) is 0 Å². The molecule has 0 spiro atoms. The molecule has 0 fully saturated rings. The van der Waals surface area contributed by atoms with Gasteiger partial charge in [0, 0.05) is 17.3 Å². The molecule has 51 valence electrons. The molecule has 1 aromatic rings. The Balaban J connectivity index is 2.50. The number of hydrogen-bond donors (Lipinski definition) is 0. The Morgan fingerprint density at radius 2 is 2.60 bits per heavy atom. The molecular formula is C7H6NOS. The summed E-state index contributed by atoms with van der Waals surface area (Å²) in [5, 5.41) is 0. The van der Waals surface area contributed by atoms with Gasteiger partial charge in [0.05, 0.1) is 5.75 Å². The van der Waals surface area contributed by atoms with Crippen LogP contribution in [-0.2, 0) is 4.79 Å². The molecule has 0 aromatic carbocycles. The molecule has 0 unspecified atom stereocenters. The first-order valence-electron chi connectivity index (χ1n) is 2.81. The van der Waals surface area contributed by atoms with E-state index in [2.05, 4.69) is 4.98 Å². The Hall–Kier alpha value is -0.830. The molecule has 10 heavy (non-hydrogen) atoms. The first-order valence-corrected chi connectivity index (χ1v) is 3.80. The maximum atomic E-state index is 9.81. The Bertz CT molecular complexity index is 200. The van der Waals surface area contributed by atoms with Gasteiger partial charge < -0.3 is 0 Å². The van der Waals surface area contributed by atoms with Gasteiger partial charge in [-0.15, -0.1) is 11.8 Å². The summed E-state index contributed by atoms with van der Waals surface area (Å²) in [5.74, 6) is 0.381. The normalized spacial score (nSPS) is 9.20. The first-order chi connectivity index (χ1) is 4.93. The second-order valence-electron chi connectivity index (χ2n) is 1.62. The molecule has 0 aliphatic carbocycles. The van der Waals surface area contributed by atoms with Crippen molar-refractivity contribution < 1.29 is 4.79 Å². The van der Waals surface area contributed by atoms with Crippen LogP contribution >= 0.6 is 11.8 Å². The van der Waals surface area contributed by atoms with Crippen molar-refractivity contribution in [1.29, 1.82) is 0 Å². The van der Waals surface area contributed by atoms with E-state index in [1.807, 2.05) is 12.1 Å². The molecule has 0 saturated heterocycles. The highest BCUT2D eigenvalue weighted by Gasteiger charge is 1.89. The third-order valence-corrected chi connectivity index (χ3v) is 1.77. The van der Waals surface area contributed by atoms with E-state index in [1.54, 1.807) is 18.7 Å². The van der Waals surface area contributed by atoms with Gasteiger partial charge >= 0.3 is 0 Å². The monoisotopic (exact) mass is 152 g/mol. The Labute approximate surface area is 63.7 Å². The molecule has 3 heteroatoms. The summed E-state index contributed by atoms with van der Waals surface area (Å²) in [4.78, 5) is 14.7. The average Bonchev–Trinajstić information content (AvgIpc) is 2.03. The number of nitrogens with zero attached hydrogens (tertiary/aromatic N) is 1. The van der Waals surface area contributed by atoms with Crippen LogP contribution in [0.5, 0.6) is 0 Å². The van der Waals surface area contributed by atoms with Gasteiger partial charge in [-0.2, -0.15) is 0 Å². The Morgan fingerprint density at radius 1 is 1.70 bits per heavy atom. The predicted molar refractivity (Wildman–Crippen MR) is 40.7 cm³/mol. The fourth-order valence-electron chi connectivity index (χ4n) is 0.545. The summed E-state index contributed by atoms with van der Waals surface area (Å²) in [7, 11) is 0. The van der Waals surface area contributed by atoms with Gasteiger partial charge in [0.15, 0.2) is 0 Å². The third-order valence-electron chi connectivity index (χ3n) is 0.932. The SMILES string of the molecule is O=[C]CSc1cccnc1. The van der Waals surface area contributed by atoms with Crippen molar-refractivity contribution >= 4 is 18.0 Å². The second kappa shape index (κ2) is 4.06. The average molecular weight is 152 g/mol. The number of hydrogen-bond acceptors (Lipinski definition) is 3. The highest BCUT2D eigenvalue weighted by Crippen LogP contribution is 2.13. The number of thioether (sulfide) groups is 1. The van der Waals surface area contributed by atoms with Gasteiger partial charge in [0.1, 0.15) is 0 Å². The minimum atomic E-state index is 0.381. The zero-order valence-corrected chi connectivity index (χ0v) is 6.10. The lowest BCUT2D eigenvalue weighted by atomic mass is 10.5. The zero-order chi connectivity index (χ0) is 7.23. The van der Waals surface area contributed by atoms with E-state index in [9.17, 15) is 4.79 Å². The molecule has 0 N–H and O–H groups in total. The molecule has 1 heterocycles. The summed E-state index contributed by atoms with van der Waals surface area (Å²) in [6.45, 7) is 0. The maximum absolute atomic E-state index is 9.81. The predicted octanol–water partition coefficient (Wildman–Crippen LogP) is 1.28. The van der Waals surface area contributed by atoms with Gasteiger partial charge in [0.25, 0.3) is 0 Å². The van der Waals surface area contributed by atoms with Crippen molar-refractivity contribution in [1.82, 2.24) is 4.98 Å². The van der Waals surface area contributed by atoms with E-state index in [4.69, 9.17) is 0 Å². The molecule has 2 nitrogen and oxygen atoms in total. The van der Waals surface area contributed by atoms with Crippen molar-refractivity contribution in [2.45, 2.75) is 4.90 Å². The fraction of sp³-hybridized carbons (Fsp3) is 0.143. The van der Waals surface area contributed by atoms with E-state index >= 15 is 0 Å². The van der Waals surface area contributed by atoms with E-state index in [0.717, 1.165) is 4.90 Å². The lowest BCUT2D eigenvalue weighted by molar-refractivity contribution is 0.560. The van der Waals surface area contributed by atoms with Crippen molar-refractivity contribution in [3.05, 3.63) is 24.5 Å². The van der Waals surface area contributed by atoms with Crippen LogP contribution in [-0.4, -0.2) is 17.0 Å². The van der Waals surface area contributed by atoms with Crippen LogP contribution in [0.3, 0.4) is 0 Å². The topological polar surface area (TPSA) is 30.0 Å². The molecule has 1 aromatic heterocycles. The number of carbonyl (C=O) groups excluding carboxylic acids is 1. The minimum Gasteiger partial charge on any atom is -0.290 e. The van der Waals surface area contributed by atoms with Gasteiger partial charge in [-0.05, 0) is 12.1 Å². The highest BCUT2D eigenvalue weighted by molar-refractivity contribution is 7.99. The lowest BCUT2D eigenvalue weighted by Crippen LogP contribution is -1.78. The van der Waals surface area contributed by atoms with E-state index < -0.39 is 0 Å². The molecule has 0 saturated carbocycles. The van der Waals surface area contributed by atoms with Gasteiger partial charge in [0.2, 0.25) is 6.29 Å². The van der Waals surface area contributed by atoms with Crippen LogP contribution in [0.1, 0.15) is 0 Å². The maximum Gasteiger partial charge on any atom is 0.209 e. The van der Waals surface area contributed by atoms with Crippen LogP contribution in [0, 0.1) is 0 Å². The van der Waals surface area contributed by atoms with E-state index in [0.29, 0.717) is 5.75 Å². The van der Waals surface area contributed by atoms with E-state index in [-0.39, 0.29) is 0 Å².